The van der Waals surface area contributed by atoms with Crippen molar-refractivity contribution in [3.8, 4) is 6.07 Å². The molecule has 0 aliphatic carbocycles. The Morgan fingerprint density at radius 2 is 1.74 bits per heavy atom. The van der Waals surface area contributed by atoms with Crippen molar-refractivity contribution in [2.75, 3.05) is 86.7 Å². The van der Waals surface area contributed by atoms with Gasteiger partial charge in [0.1, 0.15) is 6.07 Å². The summed E-state index contributed by atoms with van der Waals surface area (Å²) in [6.45, 7) is 12.4. The van der Waals surface area contributed by atoms with Gasteiger partial charge in [-0.05, 0) is 31.2 Å². The zero-order valence-corrected chi connectivity index (χ0v) is 22.0. The number of pyridine rings is 1. The summed E-state index contributed by atoms with van der Waals surface area (Å²) in [6.07, 6.45) is 5.95. The molecule has 3 saturated heterocycles. The number of nitriles is 1. The molecule has 2 atom stereocenters. The summed E-state index contributed by atoms with van der Waals surface area (Å²) in [7, 11) is 0. The number of hydrogen-bond donors (Lipinski definition) is 1. The van der Waals surface area contributed by atoms with Crippen molar-refractivity contribution in [1.82, 2.24) is 25.2 Å². The molecule has 10 nitrogen and oxygen atoms in total. The van der Waals surface area contributed by atoms with Crippen molar-refractivity contribution in [1.29, 1.82) is 5.26 Å². The molecule has 0 saturated carbocycles. The van der Waals surface area contributed by atoms with Crippen LogP contribution in [0.15, 0.2) is 42.9 Å². The van der Waals surface area contributed by atoms with E-state index in [1.165, 1.54) is 0 Å². The molecular formula is C28H35N9O. The van der Waals surface area contributed by atoms with Gasteiger partial charge in [-0.15, -0.1) is 0 Å². The van der Waals surface area contributed by atoms with Crippen LogP contribution in [0.25, 0.3) is 10.9 Å². The van der Waals surface area contributed by atoms with Crippen molar-refractivity contribution < 1.29 is 4.74 Å². The molecule has 0 spiro atoms. The maximum atomic E-state index is 9.52. The van der Waals surface area contributed by atoms with E-state index in [9.17, 15) is 5.26 Å². The van der Waals surface area contributed by atoms with Crippen LogP contribution in [0.2, 0.25) is 0 Å². The van der Waals surface area contributed by atoms with E-state index in [2.05, 4.69) is 65.0 Å². The minimum atomic E-state index is 0.120. The third kappa shape index (κ3) is 5.23. The van der Waals surface area contributed by atoms with Gasteiger partial charge in [0.05, 0.1) is 41.4 Å². The van der Waals surface area contributed by atoms with Crippen molar-refractivity contribution in [3.05, 3.63) is 48.4 Å². The summed E-state index contributed by atoms with van der Waals surface area (Å²) in [5.41, 5.74) is 3.60. The molecule has 198 valence electrons. The number of hydrogen-bond acceptors (Lipinski definition) is 10. The fourth-order valence-electron chi connectivity index (χ4n) is 5.85. The lowest BCUT2D eigenvalue weighted by Crippen LogP contribution is -2.54. The van der Waals surface area contributed by atoms with E-state index in [0.29, 0.717) is 5.56 Å². The van der Waals surface area contributed by atoms with Gasteiger partial charge in [-0.1, -0.05) is 0 Å². The third-order valence-corrected chi connectivity index (χ3v) is 7.76. The number of benzene rings is 1. The van der Waals surface area contributed by atoms with E-state index >= 15 is 0 Å². The Morgan fingerprint density at radius 1 is 0.947 bits per heavy atom. The molecule has 6 rings (SSSR count). The lowest BCUT2D eigenvalue weighted by atomic mass is 10.1. The normalized spacial score (nSPS) is 23.0. The summed E-state index contributed by atoms with van der Waals surface area (Å²) in [5, 5.41) is 13.9. The molecule has 2 unspecified atom stereocenters. The Bertz CT molecular complexity index is 1280. The highest BCUT2D eigenvalue weighted by Crippen LogP contribution is 2.30. The Morgan fingerprint density at radius 3 is 2.50 bits per heavy atom. The number of rotatable bonds is 5. The van der Waals surface area contributed by atoms with Crippen LogP contribution in [0, 0.1) is 11.3 Å². The molecule has 0 radical (unpaired) electrons. The summed E-state index contributed by atoms with van der Waals surface area (Å²) >= 11 is 0. The number of piperazine rings is 2. The lowest BCUT2D eigenvalue weighted by molar-refractivity contribution is -0.0327. The van der Waals surface area contributed by atoms with E-state index in [-0.39, 0.29) is 12.2 Å². The van der Waals surface area contributed by atoms with Crippen molar-refractivity contribution in [3.63, 3.8) is 0 Å². The van der Waals surface area contributed by atoms with Crippen LogP contribution >= 0.6 is 0 Å². The van der Waals surface area contributed by atoms with Gasteiger partial charge in [0, 0.05) is 89.3 Å². The SMILES string of the molecule is CC1CN(c2ccc(C#N)c3ncccc23)CC(CN2CCN(c3cnc(N4CCNCC4)nc3)CC2)O1. The first-order valence-electron chi connectivity index (χ1n) is 13.6. The standard InChI is InChI=1S/C28H35N9O/c1-21-18-37(26-5-4-22(15-29)27-25(26)3-2-6-31-27)20-24(38-21)19-34-11-13-35(14-12-34)23-16-32-28(33-17-23)36-9-7-30-8-10-36/h2-6,16-17,21,24,30H,7-14,18-20H2,1H3. The molecule has 3 aromatic rings. The van der Waals surface area contributed by atoms with Gasteiger partial charge in [-0.3, -0.25) is 9.88 Å². The van der Waals surface area contributed by atoms with Gasteiger partial charge in [0.25, 0.3) is 0 Å². The van der Waals surface area contributed by atoms with Crippen LogP contribution in [0.4, 0.5) is 17.3 Å². The summed E-state index contributed by atoms with van der Waals surface area (Å²) < 4.78 is 6.39. The molecule has 3 aliphatic rings. The third-order valence-electron chi connectivity index (χ3n) is 7.76. The smallest absolute Gasteiger partial charge is 0.225 e. The quantitative estimate of drug-likeness (QED) is 0.543. The summed E-state index contributed by atoms with van der Waals surface area (Å²) in [4.78, 5) is 23.3. The number of anilines is 3. The van der Waals surface area contributed by atoms with E-state index in [1.807, 2.05) is 24.5 Å². The van der Waals surface area contributed by atoms with E-state index in [4.69, 9.17) is 4.74 Å². The second kappa shape index (κ2) is 11.1. The maximum Gasteiger partial charge on any atom is 0.225 e. The highest BCUT2D eigenvalue weighted by atomic mass is 16.5. The zero-order valence-electron chi connectivity index (χ0n) is 22.0. The molecule has 1 aromatic carbocycles. The molecule has 38 heavy (non-hydrogen) atoms. The summed E-state index contributed by atoms with van der Waals surface area (Å²) in [6, 6.07) is 10.2. The number of ether oxygens (including phenoxy) is 1. The Kier molecular flexibility index (Phi) is 7.22. The highest BCUT2D eigenvalue weighted by molar-refractivity contribution is 5.95. The predicted octanol–water partition coefficient (Wildman–Crippen LogP) is 1.72. The van der Waals surface area contributed by atoms with Crippen LogP contribution in [-0.4, -0.2) is 104 Å². The number of nitrogens with one attached hydrogen (secondary N) is 1. The molecule has 10 heteroatoms. The van der Waals surface area contributed by atoms with Gasteiger partial charge >= 0.3 is 0 Å². The fourth-order valence-corrected chi connectivity index (χ4v) is 5.85. The average molecular weight is 514 g/mol. The molecule has 5 heterocycles. The van der Waals surface area contributed by atoms with E-state index in [0.717, 1.165) is 100 Å². The second-order valence-electron chi connectivity index (χ2n) is 10.4. The topological polar surface area (TPSA) is 96.7 Å². The second-order valence-corrected chi connectivity index (χ2v) is 10.4. The van der Waals surface area contributed by atoms with Gasteiger partial charge < -0.3 is 24.8 Å². The van der Waals surface area contributed by atoms with Crippen LogP contribution in [0.5, 0.6) is 0 Å². The first-order valence-corrected chi connectivity index (χ1v) is 13.6. The maximum absolute atomic E-state index is 9.52. The van der Waals surface area contributed by atoms with Crippen molar-refractivity contribution in [2.45, 2.75) is 19.1 Å². The van der Waals surface area contributed by atoms with Gasteiger partial charge in [0.2, 0.25) is 5.95 Å². The van der Waals surface area contributed by atoms with Crippen LogP contribution < -0.4 is 20.0 Å². The minimum absolute atomic E-state index is 0.120. The van der Waals surface area contributed by atoms with Gasteiger partial charge in [0.15, 0.2) is 0 Å². The highest BCUT2D eigenvalue weighted by Gasteiger charge is 2.29. The number of nitrogens with zero attached hydrogens (tertiary/aromatic N) is 8. The predicted molar refractivity (Wildman–Crippen MR) is 149 cm³/mol. The Balaban J connectivity index is 1.07. The molecule has 3 aliphatic heterocycles. The fraction of sp³-hybridized carbons (Fsp3) is 0.500. The largest absolute Gasteiger partial charge is 0.370 e. The monoisotopic (exact) mass is 513 g/mol. The average Bonchev–Trinajstić information content (AvgIpc) is 2.97. The molecule has 3 fully saturated rings. The van der Waals surface area contributed by atoms with Crippen molar-refractivity contribution >= 4 is 28.2 Å². The zero-order chi connectivity index (χ0) is 25.9. The van der Waals surface area contributed by atoms with Crippen LogP contribution in [-0.2, 0) is 4.74 Å². The number of aromatic nitrogens is 3. The first kappa shape index (κ1) is 24.8. The van der Waals surface area contributed by atoms with E-state index in [1.54, 1.807) is 6.20 Å². The number of fused-ring (bicyclic) bond motifs is 1. The van der Waals surface area contributed by atoms with Gasteiger partial charge in [-0.25, -0.2) is 9.97 Å². The van der Waals surface area contributed by atoms with Crippen molar-refractivity contribution in [2.24, 2.45) is 0 Å². The van der Waals surface area contributed by atoms with Gasteiger partial charge in [-0.2, -0.15) is 5.26 Å². The molecule has 0 bridgehead atoms. The Labute approximate surface area is 223 Å². The molecule has 1 N–H and O–H groups in total. The van der Waals surface area contributed by atoms with Crippen LogP contribution in [0.1, 0.15) is 12.5 Å². The lowest BCUT2D eigenvalue weighted by Gasteiger charge is -2.42. The molecule has 0 amide bonds. The molecular weight excluding hydrogens is 478 g/mol. The Hall–Kier alpha value is -3.52. The van der Waals surface area contributed by atoms with Crippen LogP contribution in [0.3, 0.4) is 0 Å². The van der Waals surface area contributed by atoms with E-state index < -0.39 is 0 Å². The summed E-state index contributed by atoms with van der Waals surface area (Å²) in [5.74, 6) is 0.827. The number of morpholine rings is 1. The molecule has 2 aromatic heterocycles. The first-order chi connectivity index (χ1) is 18.7. The minimum Gasteiger partial charge on any atom is -0.370 e.